The van der Waals surface area contributed by atoms with Gasteiger partial charge in [0.25, 0.3) is 0 Å². The molecule has 2 rings (SSSR count). The Morgan fingerprint density at radius 3 is 2.90 bits per heavy atom. The molecule has 0 aliphatic carbocycles. The zero-order valence-corrected chi connectivity index (χ0v) is 14.0. The van der Waals surface area contributed by atoms with Gasteiger partial charge < -0.3 is 15.4 Å². The van der Waals surface area contributed by atoms with Crippen LogP contribution >= 0.6 is 11.8 Å². The highest BCUT2D eigenvalue weighted by Gasteiger charge is 2.31. The molecule has 0 bridgehead atoms. The van der Waals surface area contributed by atoms with E-state index in [0.717, 1.165) is 17.9 Å². The van der Waals surface area contributed by atoms with Crippen LogP contribution in [0.25, 0.3) is 0 Å². The summed E-state index contributed by atoms with van der Waals surface area (Å²) >= 11 is 1.67. The quantitative estimate of drug-likeness (QED) is 0.832. The number of nitrogens with two attached hydrogens (primary N) is 1. The standard InChI is InChI=1S/C14H22N2O3S2/c1-3-7-19-13-9-11(4-5-12(13)15)16-6-8-20-10-14(16)21(2,17)18/h4-5,9,14H,3,6-8,10,15H2,1-2H3. The molecule has 1 aliphatic heterocycles. The van der Waals surface area contributed by atoms with Gasteiger partial charge in [-0.3, -0.25) is 0 Å². The second-order valence-electron chi connectivity index (χ2n) is 5.12. The molecule has 1 heterocycles. The van der Waals surface area contributed by atoms with Gasteiger partial charge in [-0.05, 0) is 18.6 Å². The van der Waals surface area contributed by atoms with Crippen LogP contribution in [0.15, 0.2) is 18.2 Å². The number of thioether (sulfide) groups is 1. The third-order valence-corrected chi connectivity index (χ3v) is 6.01. The zero-order chi connectivity index (χ0) is 15.5. The Morgan fingerprint density at radius 1 is 1.48 bits per heavy atom. The molecular formula is C14H22N2O3S2. The molecule has 0 spiro atoms. The van der Waals surface area contributed by atoms with Gasteiger partial charge in [0, 0.05) is 36.1 Å². The van der Waals surface area contributed by atoms with Gasteiger partial charge in [0.1, 0.15) is 11.1 Å². The Labute approximate surface area is 130 Å². The smallest absolute Gasteiger partial charge is 0.169 e. The molecule has 118 valence electrons. The Morgan fingerprint density at radius 2 is 2.24 bits per heavy atom. The first-order valence-corrected chi connectivity index (χ1v) is 10.1. The van der Waals surface area contributed by atoms with Crippen molar-refractivity contribution in [1.82, 2.24) is 0 Å². The highest BCUT2D eigenvalue weighted by molar-refractivity contribution is 8.01. The van der Waals surface area contributed by atoms with Gasteiger partial charge in [-0.1, -0.05) is 6.92 Å². The van der Waals surface area contributed by atoms with Crippen LogP contribution in [0, 0.1) is 0 Å². The van der Waals surface area contributed by atoms with Gasteiger partial charge >= 0.3 is 0 Å². The van der Waals surface area contributed by atoms with E-state index in [1.165, 1.54) is 6.26 Å². The summed E-state index contributed by atoms with van der Waals surface area (Å²) in [6, 6.07) is 5.49. The molecule has 0 saturated carbocycles. The molecule has 5 nitrogen and oxygen atoms in total. The Kier molecular flexibility index (Phi) is 5.27. The fourth-order valence-corrected chi connectivity index (χ4v) is 5.11. The summed E-state index contributed by atoms with van der Waals surface area (Å²) in [6.45, 7) is 3.33. The molecule has 1 saturated heterocycles. The van der Waals surface area contributed by atoms with E-state index in [-0.39, 0.29) is 0 Å². The minimum atomic E-state index is -3.13. The molecule has 1 aliphatic rings. The van der Waals surface area contributed by atoms with E-state index < -0.39 is 15.2 Å². The number of nitrogens with zero attached hydrogens (tertiary/aromatic N) is 1. The van der Waals surface area contributed by atoms with Crippen molar-refractivity contribution in [3.63, 3.8) is 0 Å². The normalized spacial score (nSPS) is 19.5. The number of ether oxygens (including phenoxy) is 1. The number of hydrogen-bond acceptors (Lipinski definition) is 6. The van der Waals surface area contributed by atoms with Gasteiger partial charge in [0.15, 0.2) is 9.84 Å². The Bertz CT molecular complexity index is 590. The number of sulfone groups is 1. The van der Waals surface area contributed by atoms with Crippen LogP contribution in [-0.2, 0) is 9.84 Å². The van der Waals surface area contributed by atoms with E-state index in [0.29, 0.717) is 30.3 Å². The molecule has 21 heavy (non-hydrogen) atoms. The van der Waals surface area contributed by atoms with Crippen molar-refractivity contribution in [3.8, 4) is 5.75 Å². The lowest BCUT2D eigenvalue weighted by Gasteiger charge is -2.36. The fraction of sp³-hybridized carbons (Fsp3) is 0.571. The summed E-state index contributed by atoms with van der Waals surface area (Å²) in [7, 11) is -3.13. The summed E-state index contributed by atoms with van der Waals surface area (Å²) in [5.74, 6) is 2.13. The second kappa shape index (κ2) is 6.79. The van der Waals surface area contributed by atoms with Crippen LogP contribution in [0.5, 0.6) is 5.75 Å². The predicted molar refractivity (Wildman–Crippen MR) is 89.9 cm³/mol. The van der Waals surface area contributed by atoms with Gasteiger partial charge in [-0.25, -0.2) is 8.42 Å². The number of benzene rings is 1. The van der Waals surface area contributed by atoms with E-state index in [4.69, 9.17) is 10.5 Å². The molecule has 0 amide bonds. The van der Waals surface area contributed by atoms with Crippen LogP contribution in [0.3, 0.4) is 0 Å². The third-order valence-electron chi connectivity index (χ3n) is 3.37. The molecule has 1 fully saturated rings. The lowest BCUT2D eigenvalue weighted by molar-refractivity contribution is 0.319. The van der Waals surface area contributed by atoms with Gasteiger partial charge in [-0.2, -0.15) is 11.8 Å². The summed E-state index contributed by atoms with van der Waals surface area (Å²) in [4.78, 5) is 1.93. The fourth-order valence-electron chi connectivity index (χ4n) is 2.27. The molecule has 1 aromatic rings. The number of anilines is 2. The molecule has 1 unspecified atom stereocenters. The molecule has 0 aromatic heterocycles. The molecular weight excluding hydrogens is 308 g/mol. The number of hydrogen-bond donors (Lipinski definition) is 1. The first-order valence-electron chi connectivity index (χ1n) is 6.99. The van der Waals surface area contributed by atoms with Crippen LogP contribution in [0.1, 0.15) is 13.3 Å². The number of rotatable bonds is 5. The van der Waals surface area contributed by atoms with Crippen molar-refractivity contribution in [2.75, 3.05) is 41.5 Å². The highest BCUT2D eigenvalue weighted by Crippen LogP contribution is 2.32. The maximum atomic E-state index is 12.0. The monoisotopic (exact) mass is 330 g/mol. The number of nitrogen functional groups attached to an aromatic ring is 1. The maximum Gasteiger partial charge on any atom is 0.169 e. The third kappa shape index (κ3) is 3.97. The average molecular weight is 330 g/mol. The lowest BCUT2D eigenvalue weighted by atomic mass is 10.2. The van der Waals surface area contributed by atoms with Crippen molar-refractivity contribution < 1.29 is 13.2 Å². The van der Waals surface area contributed by atoms with Gasteiger partial charge in [0.2, 0.25) is 0 Å². The first-order chi connectivity index (χ1) is 9.93. The van der Waals surface area contributed by atoms with Crippen molar-refractivity contribution in [3.05, 3.63) is 18.2 Å². The van der Waals surface area contributed by atoms with Crippen LogP contribution in [0.2, 0.25) is 0 Å². The Balaban J connectivity index is 2.30. The molecule has 1 aromatic carbocycles. The average Bonchev–Trinajstić information content (AvgIpc) is 2.45. The summed E-state index contributed by atoms with van der Waals surface area (Å²) in [5.41, 5.74) is 7.35. The minimum Gasteiger partial charge on any atom is -0.491 e. The summed E-state index contributed by atoms with van der Waals surface area (Å²) in [5, 5.41) is -0.487. The van der Waals surface area contributed by atoms with Gasteiger partial charge in [0.05, 0.1) is 12.3 Å². The summed E-state index contributed by atoms with van der Waals surface area (Å²) < 4.78 is 29.6. The van der Waals surface area contributed by atoms with Crippen LogP contribution in [-0.4, -0.2) is 44.7 Å². The Hall–Kier alpha value is -1.08. The molecule has 0 radical (unpaired) electrons. The molecule has 1 atom stereocenters. The maximum absolute atomic E-state index is 12.0. The molecule has 2 N–H and O–H groups in total. The SMILES string of the molecule is CCCOc1cc(N2CCSCC2S(C)(=O)=O)ccc1N. The first kappa shape index (κ1) is 16.3. The topological polar surface area (TPSA) is 72.6 Å². The van der Waals surface area contributed by atoms with E-state index in [9.17, 15) is 8.42 Å². The van der Waals surface area contributed by atoms with Crippen LogP contribution < -0.4 is 15.4 Å². The summed E-state index contributed by atoms with van der Waals surface area (Å²) in [6.07, 6.45) is 2.19. The minimum absolute atomic E-state index is 0.487. The van der Waals surface area contributed by atoms with Crippen molar-refractivity contribution in [2.45, 2.75) is 18.7 Å². The van der Waals surface area contributed by atoms with Crippen molar-refractivity contribution in [2.24, 2.45) is 0 Å². The van der Waals surface area contributed by atoms with E-state index in [1.807, 2.05) is 24.0 Å². The van der Waals surface area contributed by atoms with Gasteiger partial charge in [-0.15, -0.1) is 0 Å². The van der Waals surface area contributed by atoms with Crippen molar-refractivity contribution in [1.29, 1.82) is 0 Å². The predicted octanol–water partition coefficient (Wildman–Crippen LogP) is 1.98. The van der Waals surface area contributed by atoms with Crippen molar-refractivity contribution >= 4 is 33.0 Å². The molecule has 7 heteroatoms. The van der Waals surface area contributed by atoms with E-state index in [1.54, 1.807) is 17.8 Å². The van der Waals surface area contributed by atoms with E-state index >= 15 is 0 Å². The lowest BCUT2D eigenvalue weighted by Crippen LogP contribution is -2.47. The largest absolute Gasteiger partial charge is 0.491 e. The van der Waals surface area contributed by atoms with E-state index in [2.05, 4.69) is 0 Å². The van der Waals surface area contributed by atoms with Crippen LogP contribution in [0.4, 0.5) is 11.4 Å². The zero-order valence-electron chi connectivity index (χ0n) is 12.4. The second-order valence-corrected chi connectivity index (χ2v) is 8.48. The highest BCUT2D eigenvalue weighted by atomic mass is 32.2.